The number of aromatic nitrogens is 2. The zero-order valence-electron chi connectivity index (χ0n) is 8.98. The number of nitrogens with zero attached hydrogens (tertiary/aromatic N) is 1. The number of halogens is 1. The Labute approximate surface area is 107 Å². The molecular weight excluding hydrogens is 284 g/mol. The Morgan fingerprint density at radius 3 is 2.82 bits per heavy atom. The van der Waals surface area contributed by atoms with Crippen molar-refractivity contribution in [1.82, 2.24) is 10.2 Å². The van der Waals surface area contributed by atoms with E-state index in [0.717, 1.165) is 21.3 Å². The van der Waals surface area contributed by atoms with Gasteiger partial charge in [-0.05, 0) is 11.6 Å². The molecule has 0 aliphatic rings. The minimum Gasteiger partial charge on any atom is -0.481 e. The lowest BCUT2D eigenvalue weighted by Gasteiger charge is -2.04. The van der Waals surface area contributed by atoms with E-state index < -0.39 is 5.97 Å². The first-order chi connectivity index (χ1) is 8.18. The summed E-state index contributed by atoms with van der Waals surface area (Å²) in [5, 5.41) is 15.5. The zero-order chi connectivity index (χ0) is 12.3. The van der Waals surface area contributed by atoms with Gasteiger partial charge in [-0.1, -0.05) is 34.1 Å². The van der Waals surface area contributed by atoms with Gasteiger partial charge in [0.2, 0.25) is 0 Å². The number of aliphatic carboxylic acids is 1. The maximum atomic E-state index is 10.6. The van der Waals surface area contributed by atoms with Crippen molar-refractivity contribution >= 4 is 21.9 Å². The number of hydrogen-bond acceptors (Lipinski definition) is 2. The molecule has 0 saturated heterocycles. The summed E-state index contributed by atoms with van der Waals surface area (Å²) in [7, 11) is 0. The summed E-state index contributed by atoms with van der Waals surface area (Å²) in [6.07, 6.45) is 2.27. The van der Waals surface area contributed by atoms with E-state index in [0.29, 0.717) is 6.42 Å². The van der Waals surface area contributed by atoms with E-state index in [1.54, 1.807) is 6.20 Å². The second-order valence-corrected chi connectivity index (χ2v) is 4.49. The molecule has 0 bridgehead atoms. The van der Waals surface area contributed by atoms with Gasteiger partial charge in [0, 0.05) is 22.2 Å². The number of benzene rings is 1. The molecule has 4 nitrogen and oxygen atoms in total. The minimum absolute atomic E-state index is 0.0969. The Kier molecular flexibility index (Phi) is 3.58. The van der Waals surface area contributed by atoms with Gasteiger partial charge < -0.3 is 5.11 Å². The van der Waals surface area contributed by atoms with Crippen molar-refractivity contribution in [2.75, 3.05) is 0 Å². The highest BCUT2D eigenvalue weighted by Gasteiger charge is 2.11. The lowest BCUT2D eigenvalue weighted by Crippen LogP contribution is -1.99. The summed E-state index contributed by atoms with van der Waals surface area (Å²) >= 11 is 3.47. The Balaban J connectivity index is 2.31. The van der Waals surface area contributed by atoms with Crippen LogP contribution in [0, 0.1) is 0 Å². The van der Waals surface area contributed by atoms with Crippen molar-refractivity contribution in [2.45, 2.75) is 12.8 Å². The maximum Gasteiger partial charge on any atom is 0.303 e. The molecule has 0 spiro atoms. The molecule has 0 fully saturated rings. The largest absolute Gasteiger partial charge is 0.481 e. The van der Waals surface area contributed by atoms with Gasteiger partial charge in [0.1, 0.15) is 0 Å². The normalized spacial score (nSPS) is 10.4. The summed E-state index contributed by atoms with van der Waals surface area (Å²) in [6.45, 7) is 0. The molecule has 2 aromatic rings. The number of carboxylic acids is 1. The Morgan fingerprint density at radius 1 is 1.35 bits per heavy atom. The van der Waals surface area contributed by atoms with Crippen molar-refractivity contribution in [3.05, 3.63) is 40.6 Å². The molecule has 17 heavy (non-hydrogen) atoms. The van der Waals surface area contributed by atoms with Crippen LogP contribution in [0.2, 0.25) is 0 Å². The number of hydrogen-bond donors (Lipinski definition) is 2. The van der Waals surface area contributed by atoms with E-state index in [4.69, 9.17) is 5.11 Å². The molecule has 0 radical (unpaired) electrons. The van der Waals surface area contributed by atoms with Gasteiger partial charge in [-0.2, -0.15) is 5.10 Å². The van der Waals surface area contributed by atoms with Crippen LogP contribution in [0.5, 0.6) is 0 Å². The van der Waals surface area contributed by atoms with Gasteiger partial charge in [-0.25, -0.2) is 0 Å². The number of carboxylic acid groups (broad SMARTS) is 1. The maximum absolute atomic E-state index is 10.6. The third-order valence-corrected chi connectivity index (χ3v) is 3.16. The van der Waals surface area contributed by atoms with Gasteiger partial charge in [0.15, 0.2) is 0 Å². The Hall–Kier alpha value is -1.62. The van der Waals surface area contributed by atoms with Gasteiger partial charge in [-0.3, -0.25) is 9.89 Å². The van der Waals surface area contributed by atoms with Crippen molar-refractivity contribution in [3.63, 3.8) is 0 Å². The monoisotopic (exact) mass is 294 g/mol. The molecule has 1 heterocycles. The fraction of sp³-hybridized carbons (Fsp3) is 0.167. The van der Waals surface area contributed by atoms with E-state index >= 15 is 0 Å². The first kappa shape index (κ1) is 11.9. The van der Waals surface area contributed by atoms with E-state index in [-0.39, 0.29) is 6.42 Å². The molecule has 2 rings (SSSR count). The van der Waals surface area contributed by atoms with E-state index in [1.807, 2.05) is 24.3 Å². The number of carbonyl (C=O) groups is 1. The molecule has 2 N–H and O–H groups in total. The lowest BCUT2D eigenvalue weighted by atomic mass is 10.0. The molecule has 0 unspecified atom stereocenters. The van der Waals surface area contributed by atoms with Crippen LogP contribution in [0.15, 0.2) is 34.9 Å². The summed E-state index contributed by atoms with van der Waals surface area (Å²) in [4.78, 5) is 10.6. The minimum atomic E-state index is -0.808. The van der Waals surface area contributed by atoms with Crippen LogP contribution in [0.25, 0.3) is 11.1 Å². The van der Waals surface area contributed by atoms with Gasteiger partial charge in [0.25, 0.3) is 0 Å². The Morgan fingerprint density at radius 2 is 2.12 bits per heavy atom. The van der Waals surface area contributed by atoms with Gasteiger partial charge in [0.05, 0.1) is 12.6 Å². The van der Waals surface area contributed by atoms with E-state index in [1.165, 1.54) is 0 Å². The number of aromatic amines is 1. The first-order valence-corrected chi connectivity index (χ1v) is 5.96. The van der Waals surface area contributed by atoms with Crippen molar-refractivity contribution in [3.8, 4) is 11.1 Å². The second kappa shape index (κ2) is 5.14. The van der Waals surface area contributed by atoms with Crippen LogP contribution < -0.4 is 0 Å². The second-order valence-electron chi connectivity index (χ2n) is 3.64. The van der Waals surface area contributed by atoms with E-state index in [2.05, 4.69) is 26.1 Å². The highest BCUT2D eigenvalue weighted by atomic mass is 79.9. The Bertz CT molecular complexity index is 537. The standard InChI is InChI=1S/C12H11BrN2O2/c13-10-4-2-1-3-8(10)9-7-14-15-11(9)5-6-12(16)17/h1-4,7H,5-6H2,(H,14,15)(H,16,17). The molecule has 0 aliphatic heterocycles. The third kappa shape index (κ3) is 2.74. The zero-order valence-corrected chi connectivity index (χ0v) is 10.6. The van der Waals surface area contributed by atoms with Crippen molar-refractivity contribution in [1.29, 1.82) is 0 Å². The fourth-order valence-corrected chi connectivity index (χ4v) is 2.15. The highest BCUT2D eigenvalue weighted by molar-refractivity contribution is 9.10. The molecule has 0 atom stereocenters. The SMILES string of the molecule is O=C(O)CCc1[nH]ncc1-c1ccccc1Br. The molecular formula is C12H11BrN2O2. The molecule has 1 aromatic carbocycles. The van der Waals surface area contributed by atoms with Crippen LogP contribution in [0.1, 0.15) is 12.1 Å². The third-order valence-electron chi connectivity index (χ3n) is 2.47. The molecule has 0 aliphatic carbocycles. The first-order valence-electron chi connectivity index (χ1n) is 5.17. The van der Waals surface area contributed by atoms with Crippen LogP contribution in [0.3, 0.4) is 0 Å². The predicted molar refractivity (Wildman–Crippen MR) is 67.7 cm³/mol. The molecule has 1 aromatic heterocycles. The summed E-state index contributed by atoms with van der Waals surface area (Å²) < 4.78 is 0.970. The fourth-order valence-electron chi connectivity index (χ4n) is 1.65. The molecule has 5 heteroatoms. The number of aryl methyl sites for hydroxylation is 1. The summed E-state index contributed by atoms with van der Waals surface area (Å²) in [5.74, 6) is -0.808. The predicted octanol–water partition coefficient (Wildman–Crippen LogP) is 2.86. The van der Waals surface area contributed by atoms with Crippen LogP contribution in [-0.2, 0) is 11.2 Å². The molecule has 0 amide bonds. The average Bonchev–Trinajstić information content (AvgIpc) is 2.75. The van der Waals surface area contributed by atoms with Crippen LogP contribution in [0.4, 0.5) is 0 Å². The molecule has 0 saturated carbocycles. The van der Waals surface area contributed by atoms with Gasteiger partial charge in [-0.15, -0.1) is 0 Å². The quantitative estimate of drug-likeness (QED) is 0.911. The van der Waals surface area contributed by atoms with E-state index in [9.17, 15) is 4.79 Å². The lowest BCUT2D eigenvalue weighted by molar-refractivity contribution is -0.136. The van der Waals surface area contributed by atoms with Gasteiger partial charge >= 0.3 is 5.97 Å². The highest BCUT2D eigenvalue weighted by Crippen LogP contribution is 2.29. The number of nitrogens with one attached hydrogen (secondary N) is 1. The number of H-pyrrole nitrogens is 1. The molecule has 88 valence electrons. The average molecular weight is 295 g/mol. The number of rotatable bonds is 4. The summed E-state index contributed by atoms with van der Waals surface area (Å²) in [6, 6.07) is 7.79. The van der Waals surface area contributed by atoms with Crippen molar-refractivity contribution < 1.29 is 9.90 Å². The van der Waals surface area contributed by atoms with Crippen LogP contribution in [-0.4, -0.2) is 21.3 Å². The van der Waals surface area contributed by atoms with Crippen LogP contribution >= 0.6 is 15.9 Å². The van der Waals surface area contributed by atoms with Crippen molar-refractivity contribution in [2.24, 2.45) is 0 Å². The topological polar surface area (TPSA) is 66.0 Å². The smallest absolute Gasteiger partial charge is 0.303 e. The summed E-state index contributed by atoms with van der Waals surface area (Å²) in [5.41, 5.74) is 2.81.